The fourth-order valence-corrected chi connectivity index (χ4v) is 3.71. The molecular formula is C20H36O10. The molecule has 3 fully saturated rings. The van der Waals surface area contributed by atoms with Crippen LogP contribution in [0.5, 0.6) is 0 Å². The predicted molar refractivity (Wildman–Crippen MR) is 104 cm³/mol. The zero-order valence-electron chi connectivity index (χ0n) is 17.5. The number of aliphatic hydroxyl groups is 5. The molecule has 0 bridgehead atoms. The highest BCUT2D eigenvalue weighted by Gasteiger charge is 2.48. The summed E-state index contributed by atoms with van der Waals surface area (Å²) in [4.78, 5) is 11.7. The van der Waals surface area contributed by atoms with Crippen LogP contribution < -0.4 is 0 Å². The average molecular weight is 436 g/mol. The lowest BCUT2D eigenvalue weighted by Crippen LogP contribution is -2.40. The summed E-state index contributed by atoms with van der Waals surface area (Å²) in [7, 11) is 0. The van der Waals surface area contributed by atoms with Gasteiger partial charge in [-0.15, -0.1) is 0 Å². The van der Waals surface area contributed by atoms with Crippen molar-refractivity contribution in [1.29, 1.82) is 0 Å². The summed E-state index contributed by atoms with van der Waals surface area (Å²) in [5.74, 6) is -0.185. The Labute approximate surface area is 176 Å². The highest BCUT2D eigenvalue weighted by Crippen LogP contribution is 2.29. The van der Waals surface area contributed by atoms with Gasteiger partial charge < -0.3 is 44.5 Å². The monoisotopic (exact) mass is 436 g/mol. The van der Waals surface area contributed by atoms with Crippen LogP contribution in [0.1, 0.15) is 45.4 Å². The van der Waals surface area contributed by atoms with E-state index >= 15 is 0 Å². The number of carbonyl (C=O) groups is 1. The van der Waals surface area contributed by atoms with Gasteiger partial charge in [0.2, 0.25) is 0 Å². The normalized spacial score (nSPS) is 36.1. The summed E-state index contributed by atoms with van der Waals surface area (Å²) >= 11 is 0. The third kappa shape index (κ3) is 7.10. The standard InChI is InChI=1S/C14H24O5.C6H12O5/c1-2-3-4-5-6-7-12(16)19-11-9-18-13-10(15)8-17-14(11)13;7-1-3(8)6-5(10)4(9)2-11-6/h10-11,13-15H,2-9H2,1H3;3-10H,1-2H2/t10-,11+,13-,14-;3-,4+,5-,6-/m11/s1. The molecule has 3 heterocycles. The lowest BCUT2D eigenvalue weighted by Gasteiger charge is -2.18. The zero-order chi connectivity index (χ0) is 22.1. The van der Waals surface area contributed by atoms with Crippen molar-refractivity contribution in [2.75, 3.05) is 26.4 Å². The highest BCUT2D eigenvalue weighted by atomic mass is 16.6. The van der Waals surface area contributed by atoms with Gasteiger partial charge in [0.1, 0.15) is 42.7 Å². The molecule has 176 valence electrons. The van der Waals surface area contributed by atoms with Gasteiger partial charge in [0.25, 0.3) is 0 Å². The van der Waals surface area contributed by atoms with Crippen LogP contribution >= 0.6 is 0 Å². The van der Waals surface area contributed by atoms with E-state index in [9.17, 15) is 9.90 Å². The van der Waals surface area contributed by atoms with Crippen LogP contribution in [0.15, 0.2) is 0 Å². The van der Waals surface area contributed by atoms with Crippen molar-refractivity contribution in [1.82, 2.24) is 0 Å². The second kappa shape index (κ2) is 12.9. The van der Waals surface area contributed by atoms with Crippen LogP contribution in [-0.2, 0) is 23.7 Å². The first-order valence-corrected chi connectivity index (χ1v) is 10.8. The predicted octanol–water partition coefficient (Wildman–Crippen LogP) is -1.12. The molecule has 30 heavy (non-hydrogen) atoms. The minimum absolute atomic E-state index is 0.00287. The van der Waals surface area contributed by atoms with Crippen molar-refractivity contribution >= 4 is 5.97 Å². The molecule has 10 heteroatoms. The fraction of sp³-hybridized carbons (Fsp3) is 0.950. The van der Waals surface area contributed by atoms with E-state index in [-0.39, 0.29) is 37.5 Å². The van der Waals surface area contributed by atoms with Crippen LogP contribution in [0.2, 0.25) is 0 Å². The number of ether oxygens (including phenoxy) is 4. The van der Waals surface area contributed by atoms with Crippen molar-refractivity contribution in [2.45, 2.75) is 94.3 Å². The van der Waals surface area contributed by atoms with Crippen LogP contribution in [-0.4, -0.2) is 107 Å². The molecular weight excluding hydrogens is 400 g/mol. The average Bonchev–Trinajstić information content (AvgIpc) is 3.40. The Bertz CT molecular complexity index is 504. The highest BCUT2D eigenvalue weighted by molar-refractivity contribution is 5.69. The molecule has 0 radical (unpaired) electrons. The maximum atomic E-state index is 11.7. The Balaban J connectivity index is 0.000000248. The zero-order valence-corrected chi connectivity index (χ0v) is 17.5. The van der Waals surface area contributed by atoms with E-state index in [1.807, 2.05) is 0 Å². The first-order chi connectivity index (χ1) is 14.4. The molecule has 5 N–H and O–H groups in total. The fourth-order valence-electron chi connectivity index (χ4n) is 3.71. The number of unbranched alkanes of at least 4 members (excludes halogenated alkanes) is 4. The molecule has 0 aliphatic carbocycles. The van der Waals surface area contributed by atoms with Crippen molar-refractivity contribution in [2.24, 2.45) is 0 Å². The van der Waals surface area contributed by atoms with Crippen molar-refractivity contribution in [3.8, 4) is 0 Å². The Hall–Kier alpha value is -0.850. The van der Waals surface area contributed by atoms with Crippen LogP contribution in [0.4, 0.5) is 0 Å². The molecule has 3 aliphatic heterocycles. The summed E-state index contributed by atoms with van der Waals surface area (Å²) in [6.07, 6.45) is 0.393. The molecule has 0 unspecified atom stereocenters. The molecule has 10 nitrogen and oxygen atoms in total. The number of hydrogen-bond donors (Lipinski definition) is 5. The molecule has 3 rings (SSSR count). The Morgan fingerprint density at radius 3 is 2.27 bits per heavy atom. The van der Waals surface area contributed by atoms with E-state index in [2.05, 4.69) is 6.92 Å². The topological polar surface area (TPSA) is 155 Å². The molecule has 0 aromatic rings. The molecule has 0 amide bonds. The largest absolute Gasteiger partial charge is 0.457 e. The van der Waals surface area contributed by atoms with Gasteiger partial charge in [0, 0.05) is 6.42 Å². The van der Waals surface area contributed by atoms with Gasteiger partial charge in [-0.25, -0.2) is 0 Å². The molecule has 3 aliphatic rings. The van der Waals surface area contributed by atoms with Crippen molar-refractivity contribution < 1.29 is 49.3 Å². The molecule has 0 spiro atoms. The summed E-state index contributed by atoms with van der Waals surface area (Å²) in [5.41, 5.74) is 0. The first kappa shape index (κ1) is 25.4. The number of rotatable bonds is 9. The number of esters is 1. The van der Waals surface area contributed by atoms with E-state index in [1.165, 1.54) is 19.3 Å². The smallest absolute Gasteiger partial charge is 0.306 e. The maximum absolute atomic E-state index is 11.7. The van der Waals surface area contributed by atoms with Crippen LogP contribution in [0.25, 0.3) is 0 Å². The maximum Gasteiger partial charge on any atom is 0.306 e. The SMILES string of the molecule is CCCCCCCC(=O)O[C@H]1CO[C@H]2[C@@H]1OC[C@H]2O.OC[C@@H](O)[C@H]1OC[C@H](O)[C@H]1O. The van der Waals surface area contributed by atoms with Gasteiger partial charge in [-0.2, -0.15) is 0 Å². The molecule has 8 atom stereocenters. The van der Waals surface area contributed by atoms with E-state index in [1.54, 1.807) is 0 Å². The van der Waals surface area contributed by atoms with E-state index in [0.717, 1.165) is 12.8 Å². The van der Waals surface area contributed by atoms with Gasteiger partial charge in [-0.05, 0) is 6.42 Å². The van der Waals surface area contributed by atoms with Gasteiger partial charge in [0.05, 0.1) is 26.4 Å². The van der Waals surface area contributed by atoms with Gasteiger partial charge in [0.15, 0.2) is 6.10 Å². The Morgan fingerprint density at radius 2 is 1.63 bits per heavy atom. The first-order valence-electron chi connectivity index (χ1n) is 10.8. The van der Waals surface area contributed by atoms with Crippen molar-refractivity contribution in [3.05, 3.63) is 0 Å². The van der Waals surface area contributed by atoms with E-state index in [0.29, 0.717) is 13.0 Å². The lowest BCUT2D eigenvalue weighted by molar-refractivity contribution is -0.153. The van der Waals surface area contributed by atoms with Gasteiger partial charge >= 0.3 is 5.97 Å². The van der Waals surface area contributed by atoms with E-state index in [4.69, 9.17) is 39.4 Å². The summed E-state index contributed by atoms with van der Waals surface area (Å²) < 4.78 is 21.0. The van der Waals surface area contributed by atoms with Crippen LogP contribution in [0, 0.1) is 0 Å². The van der Waals surface area contributed by atoms with E-state index < -0.39 is 37.1 Å². The molecule has 3 saturated heterocycles. The summed E-state index contributed by atoms with van der Waals surface area (Å²) in [6.45, 7) is 2.28. The third-order valence-corrected chi connectivity index (χ3v) is 5.51. The number of hydrogen-bond acceptors (Lipinski definition) is 10. The molecule has 0 aromatic heterocycles. The quantitative estimate of drug-likeness (QED) is 0.222. The lowest BCUT2D eigenvalue weighted by atomic mass is 10.1. The number of aliphatic hydroxyl groups excluding tert-OH is 5. The van der Waals surface area contributed by atoms with Crippen molar-refractivity contribution in [3.63, 3.8) is 0 Å². The molecule has 0 aromatic carbocycles. The minimum atomic E-state index is -1.12. The third-order valence-electron chi connectivity index (χ3n) is 5.51. The number of fused-ring (bicyclic) bond motifs is 1. The van der Waals surface area contributed by atoms with Gasteiger partial charge in [-0.1, -0.05) is 32.6 Å². The van der Waals surface area contributed by atoms with Gasteiger partial charge in [-0.3, -0.25) is 4.79 Å². The second-order valence-electron chi connectivity index (χ2n) is 7.96. The summed E-state index contributed by atoms with van der Waals surface area (Å²) in [5, 5.41) is 45.1. The Morgan fingerprint density at radius 1 is 0.967 bits per heavy atom. The van der Waals surface area contributed by atoms with Crippen LogP contribution in [0.3, 0.4) is 0 Å². The molecule has 0 saturated carbocycles. The summed E-state index contributed by atoms with van der Waals surface area (Å²) in [6, 6.07) is 0. The number of carbonyl (C=O) groups excluding carboxylic acids is 1. The minimum Gasteiger partial charge on any atom is -0.457 e. The Kier molecular flexibility index (Phi) is 10.9. The second-order valence-corrected chi connectivity index (χ2v) is 7.96.